The summed E-state index contributed by atoms with van der Waals surface area (Å²) in [5, 5.41) is 6.46. The number of hydrogen-bond donors (Lipinski definition) is 2. The maximum Gasteiger partial charge on any atom is 0.246 e. The van der Waals surface area contributed by atoms with Crippen LogP contribution in [0.4, 0.5) is 0 Å². The number of carbonyl (C=O) groups excluding carboxylic acids is 1. The fourth-order valence-electron chi connectivity index (χ4n) is 2.30. The van der Waals surface area contributed by atoms with Crippen molar-refractivity contribution in [3.63, 3.8) is 0 Å². The smallest absolute Gasteiger partial charge is 0.246 e. The molecule has 4 heteroatoms. The van der Waals surface area contributed by atoms with E-state index in [-0.39, 0.29) is 18.1 Å². The van der Waals surface area contributed by atoms with Gasteiger partial charge in [0.2, 0.25) is 5.91 Å². The summed E-state index contributed by atoms with van der Waals surface area (Å²) < 4.78 is 5.45. The fourth-order valence-corrected chi connectivity index (χ4v) is 2.30. The lowest BCUT2D eigenvalue weighted by Crippen LogP contribution is -2.49. The largest absolute Gasteiger partial charge is 0.366 e. The zero-order chi connectivity index (χ0) is 13.6. The standard InChI is InChI=1S/C14H28N2O2/c1-5-11-7-6-8-15-12(11)9-16-13(17)10-18-14(2,3)4/h11-12,15H,5-10H2,1-4H3,(H,16,17). The molecule has 2 unspecified atom stereocenters. The van der Waals surface area contributed by atoms with Gasteiger partial charge in [0, 0.05) is 12.6 Å². The average Bonchev–Trinajstić information content (AvgIpc) is 2.33. The van der Waals surface area contributed by atoms with Gasteiger partial charge in [-0.2, -0.15) is 0 Å². The molecule has 2 atom stereocenters. The van der Waals surface area contributed by atoms with Crippen LogP contribution < -0.4 is 10.6 Å². The molecule has 0 aliphatic carbocycles. The quantitative estimate of drug-likeness (QED) is 0.787. The summed E-state index contributed by atoms with van der Waals surface area (Å²) in [5.41, 5.74) is -0.258. The van der Waals surface area contributed by atoms with Crippen LogP contribution in [0.1, 0.15) is 47.0 Å². The third kappa shape index (κ3) is 5.83. The van der Waals surface area contributed by atoms with Crippen LogP contribution in [0.5, 0.6) is 0 Å². The van der Waals surface area contributed by atoms with E-state index >= 15 is 0 Å². The average molecular weight is 256 g/mol. The van der Waals surface area contributed by atoms with Crippen molar-refractivity contribution in [2.75, 3.05) is 19.7 Å². The Hall–Kier alpha value is -0.610. The number of carbonyl (C=O) groups is 1. The highest BCUT2D eigenvalue weighted by Gasteiger charge is 2.23. The predicted molar refractivity (Wildman–Crippen MR) is 73.5 cm³/mol. The molecular weight excluding hydrogens is 228 g/mol. The normalized spacial score (nSPS) is 24.9. The van der Waals surface area contributed by atoms with Crippen molar-refractivity contribution in [1.29, 1.82) is 0 Å². The maximum absolute atomic E-state index is 11.7. The van der Waals surface area contributed by atoms with Crippen LogP contribution in [-0.2, 0) is 9.53 Å². The van der Waals surface area contributed by atoms with E-state index in [9.17, 15) is 4.79 Å². The first-order valence-corrected chi connectivity index (χ1v) is 7.06. The highest BCUT2D eigenvalue weighted by molar-refractivity contribution is 5.77. The van der Waals surface area contributed by atoms with Gasteiger partial charge in [0.05, 0.1) is 5.60 Å². The van der Waals surface area contributed by atoms with Gasteiger partial charge in [-0.15, -0.1) is 0 Å². The van der Waals surface area contributed by atoms with Gasteiger partial charge < -0.3 is 15.4 Å². The number of piperidine rings is 1. The molecule has 18 heavy (non-hydrogen) atoms. The van der Waals surface area contributed by atoms with E-state index in [4.69, 9.17) is 4.74 Å². The third-order valence-electron chi connectivity index (χ3n) is 3.41. The minimum atomic E-state index is -0.258. The van der Waals surface area contributed by atoms with E-state index in [1.54, 1.807) is 0 Å². The maximum atomic E-state index is 11.7. The zero-order valence-corrected chi connectivity index (χ0v) is 12.2. The van der Waals surface area contributed by atoms with Gasteiger partial charge in [-0.25, -0.2) is 0 Å². The van der Waals surface area contributed by atoms with Crippen LogP contribution in [0.3, 0.4) is 0 Å². The minimum absolute atomic E-state index is 0.0212. The lowest BCUT2D eigenvalue weighted by Gasteiger charge is -2.32. The number of nitrogens with one attached hydrogen (secondary N) is 2. The highest BCUT2D eigenvalue weighted by atomic mass is 16.5. The van der Waals surface area contributed by atoms with Gasteiger partial charge in [0.1, 0.15) is 6.61 Å². The van der Waals surface area contributed by atoms with Crippen LogP contribution in [0.25, 0.3) is 0 Å². The molecule has 1 saturated heterocycles. The first-order chi connectivity index (χ1) is 8.42. The van der Waals surface area contributed by atoms with E-state index in [1.807, 2.05) is 20.8 Å². The molecule has 0 saturated carbocycles. The Bertz CT molecular complexity index is 261. The lowest BCUT2D eigenvalue weighted by molar-refractivity contribution is -0.130. The Balaban J connectivity index is 2.24. The van der Waals surface area contributed by atoms with E-state index in [0.717, 1.165) is 6.54 Å². The van der Waals surface area contributed by atoms with Gasteiger partial charge in [-0.3, -0.25) is 4.79 Å². The second-order valence-electron chi connectivity index (χ2n) is 6.08. The number of ether oxygens (including phenoxy) is 1. The molecule has 2 N–H and O–H groups in total. The van der Waals surface area contributed by atoms with Gasteiger partial charge in [0.25, 0.3) is 0 Å². The van der Waals surface area contributed by atoms with Crippen molar-refractivity contribution in [3.05, 3.63) is 0 Å². The number of hydrogen-bond acceptors (Lipinski definition) is 3. The summed E-state index contributed by atoms with van der Waals surface area (Å²) in [6, 6.07) is 0.419. The monoisotopic (exact) mass is 256 g/mol. The molecule has 4 nitrogen and oxygen atoms in total. The second-order valence-corrected chi connectivity index (χ2v) is 6.08. The van der Waals surface area contributed by atoms with Crippen LogP contribution in [0.2, 0.25) is 0 Å². The second kappa shape index (κ2) is 7.10. The summed E-state index contributed by atoms with van der Waals surface area (Å²) in [6.45, 7) is 10.0. The molecule has 0 bridgehead atoms. The van der Waals surface area contributed by atoms with Crippen molar-refractivity contribution >= 4 is 5.91 Å². The molecule has 1 aliphatic rings. The van der Waals surface area contributed by atoms with Gasteiger partial charge in [-0.05, 0) is 46.1 Å². The minimum Gasteiger partial charge on any atom is -0.366 e. The fraction of sp³-hybridized carbons (Fsp3) is 0.929. The van der Waals surface area contributed by atoms with Crippen molar-refractivity contribution in [1.82, 2.24) is 10.6 Å². The van der Waals surface area contributed by atoms with E-state index in [2.05, 4.69) is 17.6 Å². The predicted octanol–water partition coefficient (Wildman–Crippen LogP) is 1.70. The van der Waals surface area contributed by atoms with Crippen LogP contribution in [0, 0.1) is 5.92 Å². The van der Waals surface area contributed by atoms with Gasteiger partial charge >= 0.3 is 0 Å². The zero-order valence-electron chi connectivity index (χ0n) is 12.2. The Morgan fingerprint density at radius 3 is 2.78 bits per heavy atom. The van der Waals surface area contributed by atoms with Crippen molar-refractivity contribution in [2.45, 2.75) is 58.6 Å². The molecule has 1 rings (SSSR count). The molecule has 1 fully saturated rings. The summed E-state index contributed by atoms with van der Waals surface area (Å²) in [6.07, 6.45) is 3.69. The Morgan fingerprint density at radius 2 is 2.17 bits per heavy atom. The molecule has 1 aliphatic heterocycles. The Labute approximate surface area is 111 Å². The Morgan fingerprint density at radius 1 is 1.44 bits per heavy atom. The molecule has 0 aromatic carbocycles. The van der Waals surface area contributed by atoms with Crippen LogP contribution in [0.15, 0.2) is 0 Å². The third-order valence-corrected chi connectivity index (χ3v) is 3.41. The van der Waals surface area contributed by atoms with Crippen molar-refractivity contribution < 1.29 is 9.53 Å². The van der Waals surface area contributed by atoms with Crippen LogP contribution >= 0.6 is 0 Å². The highest BCUT2D eigenvalue weighted by Crippen LogP contribution is 2.19. The molecule has 1 amide bonds. The first kappa shape index (κ1) is 15.4. The lowest BCUT2D eigenvalue weighted by atomic mass is 9.88. The molecule has 1 heterocycles. The molecule has 0 aromatic rings. The van der Waals surface area contributed by atoms with Crippen molar-refractivity contribution in [2.24, 2.45) is 5.92 Å². The molecular formula is C14H28N2O2. The molecule has 0 aromatic heterocycles. The van der Waals surface area contributed by atoms with E-state index < -0.39 is 0 Å². The van der Waals surface area contributed by atoms with Crippen LogP contribution in [-0.4, -0.2) is 37.2 Å². The molecule has 0 radical (unpaired) electrons. The summed E-state index contributed by atoms with van der Waals surface area (Å²) >= 11 is 0. The summed E-state index contributed by atoms with van der Waals surface area (Å²) in [4.78, 5) is 11.7. The summed E-state index contributed by atoms with van der Waals surface area (Å²) in [5.74, 6) is 0.662. The van der Waals surface area contributed by atoms with E-state index in [0.29, 0.717) is 18.5 Å². The molecule has 0 spiro atoms. The van der Waals surface area contributed by atoms with E-state index in [1.165, 1.54) is 19.3 Å². The van der Waals surface area contributed by atoms with Gasteiger partial charge in [0.15, 0.2) is 0 Å². The topological polar surface area (TPSA) is 50.4 Å². The number of rotatable bonds is 5. The van der Waals surface area contributed by atoms with Crippen molar-refractivity contribution in [3.8, 4) is 0 Å². The first-order valence-electron chi connectivity index (χ1n) is 7.06. The van der Waals surface area contributed by atoms with Gasteiger partial charge in [-0.1, -0.05) is 13.3 Å². The SMILES string of the molecule is CCC1CCCNC1CNC(=O)COC(C)(C)C. The Kier molecular flexibility index (Phi) is 6.09. The number of amides is 1. The summed E-state index contributed by atoms with van der Waals surface area (Å²) in [7, 11) is 0. The molecule has 106 valence electrons.